The van der Waals surface area contributed by atoms with Crippen molar-refractivity contribution in [3.8, 4) is 17.2 Å². The van der Waals surface area contributed by atoms with Crippen LogP contribution in [0.1, 0.15) is 47.2 Å². The highest BCUT2D eigenvalue weighted by Crippen LogP contribution is 2.29. The van der Waals surface area contributed by atoms with Crippen molar-refractivity contribution in [2.75, 3.05) is 17.2 Å². The molecule has 0 radical (unpaired) electrons. The van der Waals surface area contributed by atoms with Gasteiger partial charge in [-0.05, 0) is 59.5 Å². The molecule has 0 aliphatic rings. The van der Waals surface area contributed by atoms with Gasteiger partial charge in [0.2, 0.25) is 5.91 Å². The van der Waals surface area contributed by atoms with E-state index in [1.807, 2.05) is 44.2 Å². The fraction of sp³-hybridized carbons (Fsp3) is 0.179. The van der Waals surface area contributed by atoms with Crippen molar-refractivity contribution in [3.63, 3.8) is 0 Å². The number of amides is 2. The Morgan fingerprint density at radius 1 is 1.03 bits per heavy atom. The molecule has 2 amide bonds. The van der Waals surface area contributed by atoms with E-state index < -0.39 is 11.9 Å². The SMILES string of the molecule is CC(=O)Nc1cccc(-c2ccc3c(C(=O)Nc4ccc(C#N)cc4C(=O)OCC(C)C)noc3c2)c1. The Morgan fingerprint density at radius 3 is 2.54 bits per heavy atom. The van der Waals surface area contributed by atoms with E-state index in [4.69, 9.17) is 9.26 Å². The predicted molar refractivity (Wildman–Crippen MR) is 138 cm³/mol. The second-order valence-electron chi connectivity index (χ2n) is 8.82. The Hall–Kier alpha value is -4.97. The third-order valence-corrected chi connectivity index (χ3v) is 5.37. The first-order chi connectivity index (χ1) is 17.7. The lowest BCUT2D eigenvalue weighted by Crippen LogP contribution is -2.17. The molecule has 37 heavy (non-hydrogen) atoms. The van der Waals surface area contributed by atoms with Crippen LogP contribution in [0.25, 0.3) is 22.1 Å². The van der Waals surface area contributed by atoms with Crippen molar-refractivity contribution in [2.24, 2.45) is 5.92 Å². The van der Waals surface area contributed by atoms with Crippen molar-refractivity contribution < 1.29 is 23.6 Å². The normalized spacial score (nSPS) is 10.7. The molecule has 0 bridgehead atoms. The Bertz CT molecular complexity index is 1550. The molecule has 0 spiro atoms. The summed E-state index contributed by atoms with van der Waals surface area (Å²) in [6.45, 7) is 5.45. The maximum atomic E-state index is 13.1. The van der Waals surface area contributed by atoms with Gasteiger partial charge in [-0.15, -0.1) is 0 Å². The van der Waals surface area contributed by atoms with Gasteiger partial charge < -0.3 is 19.9 Å². The van der Waals surface area contributed by atoms with Crippen LogP contribution in [0, 0.1) is 17.2 Å². The second kappa shape index (κ2) is 10.7. The topological polar surface area (TPSA) is 134 Å². The van der Waals surface area contributed by atoms with Gasteiger partial charge in [-0.25, -0.2) is 4.79 Å². The quantitative estimate of drug-likeness (QED) is 0.328. The third kappa shape index (κ3) is 5.82. The van der Waals surface area contributed by atoms with Crippen LogP contribution in [-0.2, 0) is 9.53 Å². The number of nitrogens with one attached hydrogen (secondary N) is 2. The molecule has 0 saturated carbocycles. The van der Waals surface area contributed by atoms with E-state index in [1.54, 1.807) is 18.2 Å². The summed E-state index contributed by atoms with van der Waals surface area (Å²) in [6.07, 6.45) is 0. The first-order valence-electron chi connectivity index (χ1n) is 11.5. The molecular weight excluding hydrogens is 472 g/mol. The summed E-state index contributed by atoms with van der Waals surface area (Å²) in [5, 5.41) is 19.1. The monoisotopic (exact) mass is 496 g/mol. The lowest BCUT2D eigenvalue weighted by molar-refractivity contribution is -0.114. The number of aromatic nitrogens is 1. The molecule has 1 heterocycles. The first-order valence-corrected chi connectivity index (χ1v) is 11.5. The molecule has 3 aromatic carbocycles. The minimum absolute atomic E-state index is 0.0411. The van der Waals surface area contributed by atoms with Gasteiger partial charge in [0.1, 0.15) is 0 Å². The zero-order valence-corrected chi connectivity index (χ0v) is 20.5. The molecule has 9 nitrogen and oxygen atoms in total. The van der Waals surface area contributed by atoms with Crippen LogP contribution in [0.15, 0.2) is 65.2 Å². The van der Waals surface area contributed by atoms with E-state index in [-0.39, 0.29) is 40.9 Å². The zero-order chi connectivity index (χ0) is 26.5. The average molecular weight is 497 g/mol. The molecule has 4 rings (SSSR count). The van der Waals surface area contributed by atoms with Gasteiger partial charge in [-0.1, -0.05) is 37.2 Å². The van der Waals surface area contributed by atoms with Crippen LogP contribution in [-0.4, -0.2) is 29.5 Å². The minimum atomic E-state index is -0.641. The molecule has 4 aromatic rings. The Balaban J connectivity index is 1.60. The molecule has 0 fully saturated rings. The van der Waals surface area contributed by atoms with Crippen LogP contribution in [0.2, 0.25) is 0 Å². The summed E-state index contributed by atoms with van der Waals surface area (Å²) >= 11 is 0. The number of nitriles is 1. The number of hydrogen-bond donors (Lipinski definition) is 2. The van der Waals surface area contributed by atoms with E-state index >= 15 is 0 Å². The van der Waals surface area contributed by atoms with E-state index in [2.05, 4.69) is 15.8 Å². The van der Waals surface area contributed by atoms with Crippen LogP contribution in [0.5, 0.6) is 0 Å². The number of ether oxygens (including phenoxy) is 1. The maximum absolute atomic E-state index is 13.1. The van der Waals surface area contributed by atoms with Crippen molar-refractivity contribution in [2.45, 2.75) is 20.8 Å². The van der Waals surface area contributed by atoms with Gasteiger partial charge in [0, 0.05) is 12.6 Å². The maximum Gasteiger partial charge on any atom is 0.340 e. The summed E-state index contributed by atoms with van der Waals surface area (Å²) in [5.41, 5.74) is 3.28. The average Bonchev–Trinajstić information content (AvgIpc) is 3.30. The van der Waals surface area contributed by atoms with Crippen LogP contribution in [0.3, 0.4) is 0 Å². The fourth-order valence-corrected chi connectivity index (χ4v) is 3.65. The fourth-order valence-electron chi connectivity index (χ4n) is 3.65. The zero-order valence-electron chi connectivity index (χ0n) is 20.5. The standard InChI is InChI=1S/C28H24N4O5/c1-16(2)15-36-28(35)23-11-18(14-29)7-10-24(23)31-27(34)26-22-9-8-20(13-25(22)37-32-26)19-5-4-6-21(12-19)30-17(3)33/h4-13,16H,15H2,1-3H3,(H,30,33)(H,31,34). The molecule has 0 saturated heterocycles. The largest absolute Gasteiger partial charge is 0.462 e. The van der Waals surface area contributed by atoms with Crippen LogP contribution < -0.4 is 10.6 Å². The smallest absolute Gasteiger partial charge is 0.340 e. The molecule has 0 atom stereocenters. The number of fused-ring (bicyclic) bond motifs is 1. The van der Waals surface area contributed by atoms with Gasteiger partial charge in [0.05, 0.1) is 34.9 Å². The number of nitrogens with zero attached hydrogens (tertiary/aromatic N) is 2. The third-order valence-electron chi connectivity index (χ3n) is 5.37. The van der Waals surface area contributed by atoms with Crippen molar-refractivity contribution >= 4 is 40.1 Å². The van der Waals surface area contributed by atoms with Gasteiger partial charge in [-0.3, -0.25) is 9.59 Å². The van der Waals surface area contributed by atoms with Crippen LogP contribution >= 0.6 is 0 Å². The summed E-state index contributed by atoms with van der Waals surface area (Å²) in [4.78, 5) is 37.1. The number of carbonyl (C=O) groups is 3. The van der Waals surface area contributed by atoms with Gasteiger partial charge in [0.15, 0.2) is 11.3 Å². The number of esters is 1. The van der Waals surface area contributed by atoms with Crippen LogP contribution in [0.4, 0.5) is 11.4 Å². The molecular formula is C28H24N4O5. The number of carbonyl (C=O) groups excluding carboxylic acids is 3. The highest BCUT2D eigenvalue weighted by atomic mass is 16.5. The highest BCUT2D eigenvalue weighted by Gasteiger charge is 2.21. The highest BCUT2D eigenvalue weighted by molar-refractivity contribution is 6.13. The lowest BCUT2D eigenvalue weighted by Gasteiger charge is -2.12. The van der Waals surface area contributed by atoms with E-state index in [0.29, 0.717) is 16.7 Å². The molecule has 186 valence electrons. The van der Waals surface area contributed by atoms with Gasteiger partial charge in [0.25, 0.3) is 5.91 Å². The van der Waals surface area contributed by atoms with E-state index in [9.17, 15) is 19.6 Å². The number of anilines is 2. The predicted octanol–water partition coefficient (Wildman–Crippen LogP) is 5.39. The molecule has 0 aliphatic carbocycles. The summed E-state index contributed by atoms with van der Waals surface area (Å²) in [7, 11) is 0. The number of benzene rings is 3. The first kappa shape index (κ1) is 25.1. The minimum Gasteiger partial charge on any atom is -0.462 e. The Morgan fingerprint density at radius 2 is 1.81 bits per heavy atom. The second-order valence-corrected chi connectivity index (χ2v) is 8.82. The van der Waals surface area contributed by atoms with Gasteiger partial charge >= 0.3 is 5.97 Å². The van der Waals surface area contributed by atoms with Crippen molar-refractivity contribution in [3.05, 3.63) is 77.5 Å². The Labute approximate surface area is 213 Å². The lowest BCUT2D eigenvalue weighted by atomic mass is 10.0. The van der Waals surface area contributed by atoms with E-state index in [0.717, 1.165) is 11.1 Å². The summed E-state index contributed by atoms with van der Waals surface area (Å²) < 4.78 is 10.7. The van der Waals surface area contributed by atoms with Crippen molar-refractivity contribution in [1.82, 2.24) is 5.16 Å². The molecule has 0 aliphatic heterocycles. The molecule has 9 heteroatoms. The summed E-state index contributed by atoms with van der Waals surface area (Å²) in [5.74, 6) is -1.27. The molecule has 0 unspecified atom stereocenters. The number of rotatable bonds is 7. The van der Waals surface area contributed by atoms with Gasteiger partial charge in [-0.2, -0.15) is 5.26 Å². The van der Waals surface area contributed by atoms with Crippen molar-refractivity contribution in [1.29, 1.82) is 5.26 Å². The molecule has 1 aromatic heterocycles. The summed E-state index contributed by atoms with van der Waals surface area (Å²) in [6, 6.07) is 19.0. The number of hydrogen-bond acceptors (Lipinski definition) is 7. The Kier molecular flexibility index (Phi) is 7.30. The molecule has 2 N–H and O–H groups in total. The van der Waals surface area contributed by atoms with E-state index in [1.165, 1.54) is 25.1 Å².